The molecule has 0 bridgehead atoms. The zero-order chi connectivity index (χ0) is 15.1. The fourth-order valence-corrected chi connectivity index (χ4v) is 2.57. The minimum atomic E-state index is 0.322. The molecule has 0 spiro atoms. The lowest BCUT2D eigenvalue weighted by Crippen LogP contribution is -2.22. The van der Waals surface area contributed by atoms with Gasteiger partial charge in [0.15, 0.2) is 0 Å². The van der Waals surface area contributed by atoms with Crippen molar-refractivity contribution in [1.82, 2.24) is 10.3 Å². The Morgan fingerprint density at radius 2 is 1.48 bits per heavy atom. The molecular weight excluding hydrogens is 256 g/mol. The molecule has 0 fully saturated rings. The Balaban J connectivity index is 1.95. The molecule has 2 rings (SSSR count). The molecule has 0 radical (unpaired) electrons. The van der Waals surface area contributed by atoms with Crippen molar-refractivity contribution in [2.45, 2.75) is 52.1 Å². The van der Waals surface area contributed by atoms with Crippen LogP contribution < -0.4 is 5.32 Å². The summed E-state index contributed by atoms with van der Waals surface area (Å²) in [5, 5.41) is 3.65. The summed E-state index contributed by atoms with van der Waals surface area (Å²) in [7, 11) is 0. The molecule has 2 aromatic rings. The predicted molar refractivity (Wildman–Crippen MR) is 89.3 cm³/mol. The molecule has 0 aliphatic rings. The van der Waals surface area contributed by atoms with Crippen LogP contribution in [0.4, 0.5) is 0 Å². The average Bonchev–Trinajstić information content (AvgIpc) is 2.54. The zero-order valence-electron chi connectivity index (χ0n) is 13.3. The van der Waals surface area contributed by atoms with Gasteiger partial charge in [-0.3, -0.25) is 4.98 Å². The van der Waals surface area contributed by atoms with Gasteiger partial charge >= 0.3 is 0 Å². The second-order valence-corrected chi connectivity index (χ2v) is 5.74. The first-order valence-corrected chi connectivity index (χ1v) is 7.95. The lowest BCUT2D eigenvalue weighted by atomic mass is 10.0. The highest BCUT2D eigenvalue weighted by atomic mass is 14.9. The van der Waals surface area contributed by atoms with Gasteiger partial charge in [-0.05, 0) is 55.5 Å². The Labute approximate surface area is 128 Å². The first kappa shape index (κ1) is 15.7. The summed E-state index contributed by atoms with van der Waals surface area (Å²) in [5.74, 6) is 0. The molecule has 1 unspecified atom stereocenters. The van der Waals surface area contributed by atoms with Crippen molar-refractivity contribution in [2.24, 2.45) is 0 Å². The van der Waals surface area contributed by atoms with E-state index in [9.17, 15) is 0 Å². The summed E-state index contributed by atoms with van der Waals surface area (Å²) in [4.78, 5) is 4.07. The van der Waals surface area contributed by atoms with Crippen molar-refractivity contribution in [3.05, 3.63) is 65.5 Å². The van der Waals surface area contributed by atoms with Gasteiger partial charge in [-0.15, -0.1) is 0 Å². The maximum atomic E-state index is 4.07. The molecule has 2 nitrogen and oxygen atoms in total. The van der Waals surface area contributed by atoms with E-state index in [-0.39, 0.29) is 0 Å². The molecular formula is C19H26N2. The monoisotopic (exact) mass is 282 g/mol. The molecule has 0 aliphatic heterocycles. The van der Waals surface area contributed by atoms with Gasteiger partial charge in [-0.25, -0.2) is 0 Å². The van der Waals surface area contributed by atoms with Crippen LogP contribution in [0.2, 0.25) is 0 Å². The Kier molecular flexibility index (Phi) is 5.94. The van der Waals surface area contributed by atoms with Crippen molar-refractivity contribution in [1.29, 1.82) is 0 Å². The molecule has 1 heterocycles. The van der Waals surface area contributed by atoms with Crippen LogP contribution in [0.5, 0.6) is 0 Å². The molecule has 0 saturated carbocycles. The van der Waals surface area contributed by atoms with E-state index in [1.165, 1.54) is 36.0 Å². The average molecular weight is 282 g/mol. The third-order valence-electron chi connectivity index (χ3n) is 4.00. The molecule has 1 aromatic carbocycles. The van der Waals surface area contributed by atoms with E-state index in [1.54, 1.807) is 0 Å². The van der Waals surface area contributed by atoms with Gasteiger partial charge in [0.05, 0.1) is 0 Å². The lowest BCUT2D eigenvalue weighted by molar-refractivity contribution is 0.494. The van der Waals surface area contributed by atoms with E-state index < -0.39 is 0 Å². The van der Waals surface area contributed by atoms with Gasteiger partial charge in [0.2, 0.25) is 0 Å². The number of aryl methyl sites for hydroxylation is 1. The second kappa shape index (κ2) is 7.94. The minimum Gasteiger partial charge on any atom is -0.304 e. The third-order valence-corrected chi connectivity index (χ3v) is 4.00. The Bertz CT molecular complexity index is 519. The second-order valence-electron chi connectivity index (χ2n) is 5.74. The summed E-state index contributed by atoms with van der Waals surface area (Å²) in [6.07, 6.45) is 7.41. The number of nitrogens with zero attached hydrogens (tertiary/aromatic N) is 1. The smallest absolute Gasteiger partial charge is 0.0298 e. The summed E-state index contributed by atoms with van der Waals surface area (Å²) in [6.45, 7) is 6.65. The van der Waals surface area contributed by atoms with E-state index in [0.29, 0.717) is 12.1 Å². The van der Waals surface area contributed by atoms with Gasteiger partial charge in [0, 0.05) is 24.5 Å². The van der Waals surface area contributed by atoms with Crippen LogP contribution in [0.15, 0.2) is 48.8 Å². The summed E-state index contributed by atoms with van der Waals surface area (Å²) >= 11 is 0. The molecule has 0 saturated heterocycles. The van der Waals surface area contributed by atoms with Crippen LogP contribution in [0, 0.1) is 0 Å². The Hall–Kier alpha value is -1.67. The highest BCUT2D eigenvalue weighted by Crippen LogP contribution is 2.19. The molecule has 2 atom stereocenters. The van der Waals surface area contributed by atoms with Gasteiger partial charge in [0.25, 0.3) is 0 Å². The van der Waals surface area contributed by atoms with Gasteiger partial charge in [-0.2, -0.15) is 0 Å². The van der Waals surface area contributed by atoms with Gasteiger partial charge < -0.3 is 5.32 Å². The highest BCUT2D eigenvalue weighted by molar-refractivity contribution is 5.25. The molecule has 0 aliphatic carbocycles. The Morgan fingerprint density at radius 1 is 0.905 bits per heavy atom. The minimum absolute atomic E-state index is 0.322. The quantitative estimate of drug-likeness (QED) is 0.786. The number of rotatable bonds is 7. The maximum absolute atomic E-state index is 4.07. The first-order valence-electron chi connectivity index (χ1n) is 7.95. The SMILES string of the molecule is CCCCc1ccc(C(C)N[C@H](C)c2ccncc2)cc1. The number of hydrogen-bond acceptors (Lipinski definition) is 2. The van der Waals surface area contributed by atoms with E-state index in [2.05, 4.69) is 67.5 Å². The molecule has 1 aromatic heterocycles. The number of hydrogen-bond donors (Lipinski definition) is 1. The summed E-state index contributed by atoms with van der Waals surface area (Å²) < 4.78 is 0. The molecule has 21 heavy (non-hydrogen) atoms. The van der Waals surface area contributed by atoms with Crippen molar-refractivity contribution in [2.75, 3.05) is 0 Å². The summed E-state index contributed by atoms with van der Waals surface area (Å²) in [5.41, 5.74) is 4.06. The van der Waals surface area contributed by atoms with E-state index in [1.807, 2.05) is 12.4 Å². The molecule has 1 N–H and O–H groups in total. The molecule has 0 amide bonds. The fraction of sp³-hybridized carbons (Fsp3) is 0.421. The van der Waals surface area contributed by atoms with E-state index in [4.69, 9.17) is 0 Å². The van der Waals surface area contributed by atoms with Crippen molar-refractivity contribution in [3.63, 3.8) is 0 Å². The number of pyridine rings is 1. The van der Waals surface area contributed by atoms with Crippen LogP contribution in [-0.2, 0) is 6.42 Å². The number of nitrogens with one attached hydrogen (secondary N) is 1. The largest absolute Gasteiger partial charge is 0.304 e. The predicted octanol–water partition coefficient (Wildman–Crippen LogP) is 4.84. The maximum Gasteiger partial charge on any atom is 0.0298 e. The Morgan fingerprint density at radius 3 is 2.05 bits per heavy atom. The van der Waals surface area contributed by atoms with Crippen LogP contribution in [0.25, 0.3) is 0 Å². The fourth-order valence-electron chi connectivity index (χ4n) is 2.57. The standard InChI is InChI=1S/C19H26N2/c1-4-5-6-17-7-9-18(10-8-17)15(2)21-16(3)19-11-13-20-14-12-19/h7-16,21H,4-6H2,1-3H3/t15?,16-/m1/s1. The summed E-state index contributed by atoms with van der Waals surface area (Å²) in [6, 6.07) is 13.8. The topological polar surface area (TPSA) is 24.9 Å². The molecule has 2 heteroatoms. The normalized spacial score (nSPS) is 13.9. The van der Waals surface area contributed by atoms with Crippen molar-refractivity contribution in [3.8, 4) is 0 Å². The highest BCUT2D eigenvalue weighted by Gasteiger charge is 2.10. The molecule has 112 valence electrons. The van der Waals surface area contributed by atoms with Crippen LogP contribution >= 0.6 is 0 Å². The number of aromatic nitrogens is 1. The van der Waals surface area contributed by atoms with Crippen LogP contribution in [0.1, 0.15) is 62.4 Å². The number of benzene rings is 1. The number of unbranched alkanes of at least 4 members (excludes halogenated alkanes) is 1. The van der Waals surface area contributed by atoms with Gasteiger partial charge in [0.1, 0.15) is 0 Å². The lowest BCUT2D eigenvalue weighted by Gasteiger charge is -2.21. The van der Waals surface area contributed by atoms with Crippen molar-refractivity contribution < 1.29 is 0 Å². The van der Waals surface area contributed by atoms with Crippen LogP contribution in [0.3, 0.4) is 0 Å². The van der Waals surface area contributed by atoms with E-state index >= 15 is 0 Å². The van der Waals surface area contributed by atoms with E-state index in [0.717, 1.165) is 0 Å². The van der Waals surface area contributed by atoms with Crippen LogP contribution in [-0.4, -0.2) is 4.98 Å². The first-order chi connectivity index (χ1) is 10.2. The van der Waals surface area contributed by atoms with Gasteiger partial charge in [-0.1, -0.05) is 37.6 Å². The van der Waals surface area contributed by atoms with Crippen molar-refractivity contribution >= 4 is 0 Å². The zero-order valence-corrected chi connectivity index (χ0v) is 13.3. The third kappa shape index (κ3) is 4.68.